The third-order valence-corrected chi connectivity index (χ3v) is 5.74. The van der Waals surface area contributed by atoms with Crippen molar-refractivity contribution in [3.05, 3.63) is 17.7 Å². The lowest BCUT2D eigenvalue weighted by Gasteiger charge is -2.29. The van der Waals surface area contributed by atoms with Gasteiger partial charge in [-0.15, -0.1) is 0 Å². The summed E-state index contributed by atoms with van der Waals surface area (Å²) in [4.78, 5) is 16.9. The van der Waals surface area contributed by atoms with Crippen molar-refractivity contribution in [2.75, 3.05) is 25.8 Å². The molecule has 1 amide bonds. The molecule has 1 heterocycles. The lowest BCUT2D eigenvalue weighted by Crippen LogP contribution is -2.38. The van der Waals surface area contributed by atoms with E-state index in [9.17, 15) is 18.7 Å². The number of fused-ring (bicyclic) bond motifs is 1. The number of imidazole rings is 1. The molecule has 0 unspecified atom stereocenters. The molecule has 0 aliphatic heterocycles. The molecule has 0 saturated heterocycles. The second kappa shape index (κ2) is 7.31. The Morgan fingerprint density at radius 3 is 2.57 bits per heavy atom. The van der Waals surface area contributed by atoms with E-state index < -0.39 is 31.3 Å². The molecular formula is C20H25F2N3O3. The molecule has 6 nitrogen and oxygen atoms in total. The monoisotopic (exact) mass is 393 g/mol. The number of rotatable bonds is 8. The van der Waals surface area contributed by atoms with Crippen molar-refractivity contribution in [1.82, 2.24) is 9.55 Å². The molecule has 4 rings (SSSR count). The first-order chi connectivity index (χ1) is 13.5. The van der Waals surface area contributed by atoms with Crippen molar-refractivity contribution in [2.45, 2.75) is 56.1 Å². The van der Waals surface area contributed by atoms with Crippen LogP contribution in [0.15, 0.2) is 12.1 Å². The van der Waals surface area contributed by atoms with Gasteiger partial charge in [-0.1, -0.05) is 0 Å². The summed E-state index contributed by atoms with van der Waals surface area (Å²) in [6, 6.07) is 4.20. The van der Waals surface area contributed by atoms with Crippen LogP contribution in [-0.2, 0) is 4.79 Å². The Hall–Kier alpha value is -2.22. The van der Waals surface area contributed by atoms with Gasteiger partial charge in [0.25, 0.3) is 0 Å². The fraction of sp³-hybridized carbons (Fsp3) is 0.600. The number of alkyl halides is 2. The summed E-state index contributed by atoms with van der Waals surface area (Å²) in [5.74, 6) is 0.962. The predicted molar refractivity (Wildman–Crippen MR) is 101 cm³/mol. The molecule has 0 atom stereocenters. The summed E-state index contributed by atoms with van der Waals surface area (Å²) < 4.78 is 33.3. The fourth-order valence-electron chi connectivity index (χ4n) is 3.73. The summed E-state index contributed by atoms with van der Waals surface area (Å²) >= 11 is 0. The Bertz CT molecular complexity index is 886. The minimum atomic E-state index is -2.29. The molecule has 0 radical (unpaired) electrons. The minimum Gasteiger partial charge on any atom is -0.496 e. The van der Waals surface area contributed by atoms with E-state index in [2.05, 4.69) is 16.4 Å². The zero-order valence-corrected chi connectivity index (χ0v) is 15.9. The number of carbonyl (C=O) groups is 1. The standard InChI is InChI=1S/C20H25F2N3O3/c1-28-17-8-15-16(7-14(17)12-5-6-12)25(13-3-2-4-13)19(23-15)24-18(26)9-20(27,10-21)11-22/h7-8,12-13,27H,2-6,9-11H2,1H3,(H,23,24,26). The highest BCUT2D eigenvalue weighted by atomic mass is 19.1. The molecule has 1 aromatic heterocycles. The number of nitrogens with zero attached hydrogens (tertiary/aromatic N) is 2. The normalized spacial score (nSPS) is 17.6. The van der Waals surface area contributed by atoms with Crippen LogP contribution >= 0.6 is 0 Å². The number of carbonyl (C=O) groups excluding carboxylic acids is 1. The van der Waals surface area contributed by atoms with Crippen molar-refractivity contribution in [1.29, 1.82) is 0 Å². The third kappa shape index (κ3) is 3.45. The van der Waals surface area contributed by atoms with E-state index in [1.165, 1.54) is 0 Å². The molecule has 2 aromatic rings. The Morgan fingerprint density at radius 2 is 2.04 bits per heavy atom. The van der Waals surface area contributed by atoms with E-state index in [-0.39, 0.29) is 6.04 Å². The molecule has 2 saturated carbocycles. The van der Waals surface area contributed by atoms with Crippen LogP contribution in [-0.4, -0.2) is 46.6 Å². The van der Waals surface area contributed by atoms with Crippen LogP contribution in [0.1, 0.15) is 56.0 Å². The first-order valence-electron chi connectivity index (χ1n) is 9.72. The summed E-state index contributed by atoms with van der Waals surface area (Å²) in [6.45, 7) is -2.64. The lowest BCUT2D eigenvalue weighted by molar-refractivity contribution is -0.122. The maximum Gasteiger partial charge on any atom is 0.229 e. The minimum absolute atomic E-state index is 0.224. The molecule has 1 aromatic carbocycles. The van der Waals surface area contributed by atoms with Crippen LogP contribution < -0.4 is 10.1 Å². The van der Waals surface area contributed by atoms with Crippen LogP contribution in [0.25, 0.3) is 11.0 Å². The Labute approximate surface area is 161 Å². The van der Waals surface area contributed by atoms with Gasteiger partial charge in [0.2, 0.25) is 11.9 Å². The van der Waals surface area contributed by atoms with Crippen molar-refractivity contribution in [3.63, 3.8) is 0 Å². The van der Waals surface area contributed by atoms with E-state index >= 15 is 0 Å². The number of halogens is 2. The summed E-state index contributed by atoms with van der Waals surface area (Å²) in [6.07, 6.45) is 4.68. The van der Waals surface area contributed by atoms with Crippen molar-refractivity contribution >= 4 is 22.9 Å². The lowest BCUT2D eigenvalue weighted by atomic mass is 9.92. The van der Waals surface area contributed by atoms with Gasteiger partial charge in [0.1, 0.15) is 24.7 Å². The molecule has 28 heavy (non-hydrogen) atoms. The molecule has 2 aliphatic rings. The fourth-order valence-corrected chi connectivity index (χ4v) is 3.73. The van der Waals surface area contributed by atoms with Gasteiger partial charge in [-0.25, -0.2) is 13.8 Å². The number of aromatic nitrogens is 2. The number of benzene rings is 1. The molecule has 8 heteroatoms. The van der Waals surface area contributed by atoms with Gasteiger partial charge >= 0.3 is 0 Å². The second-order valence-electron chi connectivity index (χ2n) is 7.96. The Morgan fingerprint density at radius 1 is 1.32 bits per heavy atom. The maximum atomic E-state index is 12.9. The highest BCUT2D eigenvalue weighted by Gasteiger charge is 2.33. The van der Waals surface area contributed by atoms with Crippen LogP contribution in [0, 0.1) is 0 Å². The molecule has 2 aliphatic carbocycles. The van der Waals surface area contributed by atoms with Gasteiger partial charge in [0, 0.05) is 12.1 Å². The second-order valence-corrected chi connectivity index (χ2v) is 7.96. The summed E-state index contributed by atoms with van der Waals surface area (Å²) in [5, 5.41) is 12.4. The number of amides is 1. The van der Waals surface area contributed by atoms with Gasteiger partial charge in [0.15, 0.2) is 0 Å². The molecule has 2 fully saturated rings. The summed E-state index contributed by atoms with van der Waals surface area (Å²) in [5.41, 5.74) is 0.487. The number of ether oxygens (including phenoxy) is 1. The summed E-state index contributed by atoms with van der Waals surface area (Å²) in [7, 11) is 1.63. The van der Waals surface area contributed by atoms with E-state index in [1.807, 2.05) is 10.6 Å². The molecule has 152 valence electrons. The number of anilines is 1. The van der Waals surface area contributed by atoms with Crippen LogP contribution in [0.3, 0.4) is 0 Å². The van der Waals surface area contributed by atoms with Crippen LogP contribution in [0.5, 0.6) is 5.75 Å². The zero-order valence-electron chi connectivity index (χ0n) is 15.9. The van der Waals surface area contributed by atoms with Gasteiger partial charge in [-0.3, -0.25) is 10.1 Å². The van der Waals surface area contributed by atoms with Gasteiger partial charge in [-0.05, 0) is 49.7 Å². The van der Waals surface area contributed by atoms with Crippen LogP contribution in [0.2, 0.25) is 0 Å². The first kappa shape index (κ1) is 19.1. The van der Waals surface area contributed by atoms with Gasteiger partial charge < -0.3 is 14.4 Å². The Kier molecular flexibility index (Phi) is 4.99. The maximum absolute atomic E-state index is 12.9. The smallest absolute Gasteiger partial charge is 0.229 e. The van der Waals surface area contributed by atoms with Gasteiger partial charge in [0.05, 0.1) is 24.6 Å². The van der Waals surface area contributed by atoms with E-state index in [4.69, 9.17) is 4.74 Å². The average Bonchev–Trinajstić information content (AvgIpc) is 3.44. The number of hydrogen-bond donors (Lipinski definition) is 2. The van der Waals surface area contributed by atoms with E-state index in [1.54, 1.807) is 7.11 Å². The number of aliphatic hydroxyl groups is 1. The van der Waals surface area contributed by atoms with Crippen LogP contribution in [0.4, 0.5) is 14.7 Å². The molecular weight excluding hydrogens is 368 g/mol. The van der Waals surface area contributed by atoms with Gasteiger partial charge in [-0.2, -0.15) is 0 Å². The molecule has 2 N–H and O–H groups in total. The van der Waals surface area contributed by atoms with E-state index in [0.717, 1.165) is 48.9 Å². The van der Waals surface area contributed by atoms with Crippen molar-refractivity contribution in [2.24, 2.45) is 0 Å². The van der Waals surface area contributed by atoms with Crippen molar-refractivity contribution in [3.8, 4) is 5.75 Å². The zero-order chi connectivity index (χ0) is 19.9. The topological polar surface area (TPSA) is 76.4 Å². The van der Waals surface area contributed by atoms with Crippen molar-refractivity contribution < 1.29 is 23.4 Å². The Balaban J connectivity index is 1.70. The molecule has 0 bridgehead atoms. The highest BCUT2D eigenvalue weighted by molar-refractivity contribution is 5.92. The highest BCUT2D eigenvalue weighted by Crippen LogP contribution is 2.47. The first-order valence-corrected chi connectivity index (χ1v) is 9.72. The number of methoxy groups -OCH3 is 1. The molecule has 0 spiro atoms. The number of nitrogens with one attached hydrogen (secondary N) is 1. The largest absolute Gasteiger partial charge is 0.496 e. The van der Waals surface area contributed by atoms with E-state index in [0.29, 0.717) is 17.4 Å². The quantitative estimate of drug-likeness (QED) is 0.718. The SMILES string of the molecule is COc1cc2nc(NC(=O)CC(O)(CF)CF)n(C3CCC3)c2cc1C1CC1. The third-order valence-electron chi connectivity index (χ3n) is 5.74. The number of hydrogen-bond acceptors (Lipinski definition) is 4. The average molecular weight is 393 g/mol. The predicted octanol–water partition coefficient (Wildman–Crippen LogP) is 3.65.